The number of hydrogen-bond donors (Lipinski definition) is 1. The summed E-state index contributed by atoms with van der Waals surface area (Å²) in [5.74, 6) is 0. The van der Waals surface area contributed by atoms with E-state index in [0.29, 0.717) is 6.42 Å². The number of benzene rings is 1. The second-order valence-corrected chi connectivity index (χ2v) is 4.61. The average Bonchev–Trinajstić information content (AvgIpc) is 2.68. The Morgan fingerprint density at radius 2 is 2.38 bits per heavy atom. The monoisotopic (exact) mass is 231 g/mol. The van der Waals surface area contributed by atoms with E-state index in [1.54, 1.807) is 11.3 Å². The maximum Gasteiger partial charge on any atom is 0.183 e. The minimum absolute atomic E-state index is 0.464. The lowest BCUT2D eigenvalue weighted by molar-refractivity contribution is 0.977. The highest BCUT2D eigenvalue weighted by molar-refractivity contribution is 7.22. The second-order valence-electron chi connectivity index (χ2n) is 3.58. The quantitative estimate of drug-likeness (QED) is 0.879. The van der Waals surface area contributed by atoms with Crippen LogP contribution in [0.2, 0.25) is 0 Å². The third-order valence-electron chi connectivity index (χ3n) is 2.26. The first-order valence-electron chi connectivity index (χ1n) is 5.33. The lowest BCUT2D eigenvalue weighted by atomic mass is 10.2. The number of fused-ring (bicyclic) bond motifs is 1. The molecule has 0 amide bonds. The van der Waals surface area contributed by atoms with Gasteiger partial charge in [-0.2, -0.15) is 5.26 Å². The van der Waals surface area contributed by atoms with Gasteiger partial charge in [0.05, 0.1) is 22.7 Å². The van der Waals surface area contributed by atoms with Crippen LogP contribution in [0, 0.1) is 11.3 Å². The number of rotatable bonds is 4. The molecule has 0 radical (unpaired) electrons. The van der Waals surface area contributed by atoms with Gasteiger partial charge in [-0.3, -0.25) is 0 Å². The summed E-state index contributed by atoms with van der Waals surface area (Å²) in [6.07, 6.45) is 1.56. The zero-order chi connectivity index (χ0) is 11.4. The Hall–Kier alpha value is -1.60. The molecule has 4 heteroatoms. The fraction of sp³-hybridized carbons (Fsp3) is 0.333. The van der Waals surface area contributed by atoms with Crippen LogP contribution in [0.25, 0.3) is 10.2 Å². The van der Waals surface area contributed by atoms with Crippen molar-refractivity contribution in [3.8, 4) is 6.07 Å². The molecule has 2 aromatic rings. The maximum absolute atomic E-state index is 8.64. The molecule has 1 aromatic heterocycles. The van der Waals surface area contributed by atoms with Crippen molar-refractivity contribution in [3.05, 3.63) is 23.8 Å². The Labute approximate surface area is 98.7 Å². The zero-order valence-electron chi connectivity index (χ0n) is 9.16. The molecule has 0 unspecified atom stereocenters. The van der Waals surface area contributed by atoms with Gasteiger partial charge in [-0.15, -0.1) is 0 Å². The molecule has 1 N–H and O–H groups in total. The van der Waals surface area contributed by atoms with Crippen LogP contribution in [0.1, 0.15) is 18.9 Å². The minimum atomic E-state index is 0.464. The van der Waals surface area contributed by atoms with Crippen LogP contribution < -0.4 is 5.32 Å². The van der Waals surface area contributed by atoms with E-state index in [1.165, 1.54) is 0 Å². The maximum atomic E-state index is 8.64. The summed E-state index contributed by atoms with van der Waals surface area (Å²) in [7, 11) is 0. The van der Waals surface area contributed by atoms with Crippen molar-refractivity contribution >= 4 is 26.7 Å². The predicted octanol–water partition coefficient (Wildman–Crippen LogP) is 3.18. The topological polar surface area (TPSA) is 48.7 Å². The summed E-state index contributed by atoms with van der Waals surface area (Å²) in [5.41, 5.74) is 2.06. The normalized spacial score (nSPS) is 10.2. The molecule has 0 saturated carbocycles. The molecule has 0 aliphatic rings. The van der Waals surface area contributed by atoms with E-state index in [-0.39, 0.29) is 0 Å². The van der Waals surface area contributed by atoms with E-state index < -0.39 is 0 Å². The summed E-state index contributed by atoms with van der Waals surface area (Å²) >= 11 is 1.65. The zero-order valence-corrected chi connectivity index (χ0v) is 9.97. The number of nitrogens with zero attached hydrogens (tertiary/aromatic N) is 2. The average molecular weight is 231 g/mol. The van der Waals surface area contributed by atoms with Gasteiger partial charge in [-0.1, -0.05) is 24.3 Å². The summed E-state index contributed by atoms with van der Waals surface area (Å²) in [4.78, 5) is 4.48. The van der Waals surface area contributed by atoms with Gasteiger partial charge in [-0.05, 0) is 24.1 Å². The van der Waals surface area contributed by atoms with Crippen LogP contribution in [0.3, 0.4) is 0 Å². The lowest BCUT2D eigenvalue weighted by Crippen LogP contribution is -1.98. The van der Waals surface area contributed by atoms with E-state index in [9.17, 15) is 0 Å². The third-order valence-corrected chi connectivity index (χ3v) is 3.24. The third kappa shape index (κ3) is 2.31. The molecule has 0 bridgehead atoms. The molecule has 0 saturated heterocycles. The highest BCUT2D eigenvalue weighted by Crippen LogP contribution is 2.26. The number of nitrogens with one attached hydrogen (secondary N) is 1. The van der Waals surface area contributed by atoms with Gasteiger partial charge in [0.1, 0.15) is 0 Å². The summed E-state index contributed by atoms with van der Waals surface area (Å²) in [5, 5.41) is 12.9. The van der Waals surface area contributed by atoms with Crippen LogP contribution in [0.5, 0.6) is 0 Å². The van der Waals surface area contributed by atoms with Crippen molar-refractivity contribution in [3.63, 3.8) is 0 Å². The Kier molecular flexibility index (Phi) is 3.37. The highest BCUT2D eigenvalue weighted by Gasteiger charge is 2.03. The number of hydrogen-bond acceptors (Lipinski definition) is 4. The van der Waals surface area contributed by atoms with Gasteiger partial charge in [-0.25, -0.2) is 4.98 Å². The van der Waals surface area contributed by atoms with Crippen molar-refractivity contribution < 1.29 is 0 Å². The van der Waals surface area contributed by atoms with Crippen molar-refractivity contribution in [1.29, 1.82) is 5.26 Å². The standard InChI is InChI=1S/C12H13N3S/c1-2-7-14-12-15-10-4-3-9(5-6-13)8-11(10)16-12/h3-4,8H,2,5,7H2,1H3,(H,14,15). The van der Waals surface area contributed by atoms with Crippen LogP contribution in [0.4, 0.5) is 5.13 Å². The SMILES string of the molecule is CCCNc1nc2ccc(CC#N)cc2s1. The first kappa shape index (κ1) is 10.9. The number of thiazole rings is 1. The van der Waals surface area contributed by atoms with E-state index >= 15 is 0 Å². The van der Waals surface area contributed by atoms with Gasteiger partial charge in [0, 0.05) is 6.54 Å². The van der Waals surface area contributed by atoms with Crippen molar-refractivity contribution in [2.75, 3.05) is 11.9 Å². The molecule has 2 rings (SSSR count). The molecule has 0 aliphatic carbocycles. The van der Waals surface area contributed by atoms with E-state index in [4.69, 9.17) is 5.26 Å². The fourth-order valence-corrected chi connectivity index (χ4v) is 2.43. The fourth-order valence-electron chi connectivity index (χ4n) is 1.48. The van der Waals surface area contributed by atoms with E-state index in [0.717, 1.165) is 33.9 Å². The Morgan fingerprint density at radius 3 is 3.12 bits per heavy atom. The number of aromatic nitrogens is 1. The first-order valence-corrected chi connectivity index (χ1v) is 6.15. The van der Waals surface area contributed by atoms with Crippen molar-refractivity contribution in [1.82, 2.24) is 4.98 Å². The van der Waals surface area contributed by atoms with Crippen LogP contribution in [-0.4, -0.2) is 11.5 Å². The molecule has 0 fully saturated rings. The Balaban J connectivity index is 2.28. The first-order chi connectivity index (χ1) is 7.83. The molecule has 82 valence electrons. The summed E-state index contributed by atoms with van der Waals surface area (Å²) in [6.45, 7) is 3.08. The Morgan fingerprint density at radius 1 is 1.50 bits per heavy atom. The molecule has 0 atom stereocenters. The summed E-state index contributed by atoms with van der Waals surface area (Å²) < 4.78 is 1.14. The largest absolute Gasteiger partial charge is 0.361 e. The number of nitriles is 1. The van der Waals surface area contributed by atoms with Gasteiger partial charge < -0.3 is 5.32 Å². The van der Waals surface area contributed by atoms with Gasteiger partial charge in [0.25, 0.3) is 0 Å². The molecule has 0 aliphatic heterocycles. The highest BCUT2D eigenvalue weighted by atomic mass is 32.1. The molecule has 3 nitrogen and oxygen atoms in total. The van der Waals surface area contributed by atoms with E-state index in [1.807, 2.05) is 18.2 Å². The van der Waals surface area contributed by atoms with E-state index in [2.05, 4.69) is 23.3 Å². The van der Waals surface area contributed by atoms with Gasteiger partial charge in [0.15, 0.2) is 5.13 Å². The van der Waals surface area contributed by atoms with Crippen molar-refractivity contribution in [2.45, 2.75) is 19.8 Å². The van der Waals surface area contributed by atoms with Crippen molar-refractivity contribution in [2.24, 2.45) is 0 Å². The molecule has 1 aromatic carbocycles. The molecule has 1 heterocycles. The molecular weight excluding hydrogens is 218 g/mol. The lowest BCUT2D eigenvalue weighted by Gasteiger charge is -1.95. The van der Waals surface area contributed by atoms with Gasteiger partial charge >= 0.3 is 0 Å². The van der Waals surface area contributed by atoms with Gasteiger partial charge in [0.2, 0.25) is 0 Å². The second kappa shape index (κ2) is 4.95. The predicted molar refractivity (Wildman–Crippen MR) is 67.7 cm³/mol. The minimum Gasteiger partial charge on any atom is -0.361 e. The Bertz CT molecular complexity index is 525. The molecule has 16 heavy (non-hydrogen) atoms. The number of anilines is 1. The summed E-state index contributed by atoms with van der Waals surface area (Å²) in [6, 6.07) is 8.16. The molecular formula is C12H13N3S. The van der Waals surface area contributed by atoms with Crippen LogP contribution in [0.15, 0.2) is 18.2 Å². The van der Waals surface area contributed by atoms with Crippen LogP contribution >= 0.6 is 11.3 Å². The van der Waals surface area contributed by atoms with Crippen LogP contribution in [-0.2, 0) is 6.42 Å². The molecule has 0 spiro atoms. The smallest absolute Gasteiger partial charge is 0.183 e.